The zero-order valence-electron chi connectivity index (χ0n) is 14.1. The molecule has 0 aliphatic carbocycles. The molecule has 0 spiro atoms. The molecule has 1 fully saturated rings. The van der Waals surface area contributed by atoms with Gasteiger partial charge in [-0.1, -0.05) is 0 Å². The quantitative estimate of drug-likeness (QED) is 0.781. The van der Waals surface area contributed by atoms with Gasteiger partial charge in [-0.15, -0.1) is 5.10 Å². The fourth-order valence-corrected chi connectivity index (χ4v) is 2.28. The summed E-state index contributed by atoms with van der Waals surface area (Å²) < 4.78 is 5.41. The van der Waals surface area contributed by atoms with Crippen molar-refractivity contribution in [2.45, 2.75) is 45.4 Å². The molecule has 128 valence electrons. The molecule has 1 atom stereocenters. The van der Waals surface area contributed by atoms with E-state index in [4.69, 9.17) is 9.57 Å². The summed E-state index contributed by atoms with van der Waals surface area (Å²) in [5.74, 6) is -0.402. The highest BCUT2D eigenvalue weighted by Crippen LogP contribution is 2.27. The van der Waals surface area contributed by atoms with Crippen molar-refractivity contribution < 1.29 is 19.2 Å². The standard InChI is InChI=1S/C14H23N5O4/c1-14(2,3)23-13(21)18-8-6-7-11(18)19-15-9-10(16-19)12(20)17(4)22-5/h9,11H,6-8H2,1-5H3/t11-/m0/s1. The van der Waals surface area contributed by atoms with Crippen LogP contribution in [0.3, 0.4) is 0 Å². The predicted octanol–water partition coefficient (Wildman–Crippen LogP) is 1.44. The first kappa shape index (κ1) is 17.2. The van der Waals surface area contributed by atoms with E-state index in [1.54, 1.807) is 4.90 Å². The van der Waals surface area contributed by atoms with Crippen molar-refractivity contribution in [3.8, 4) is 0 Å². The lowest BCUT2D eigenvalue weighted by molar-refractivity contribution is -0.0761. The number of rotatable bonds is 3. The van der Waals surface area contributed by atoms with E-state index >= 15 is 0 Å². The summed E-state index contributed by atoms with van der Waals surface area (Å²) >= 11 is 0. The van der Waals surface area contributed by atoms with Crippen molar-refractivity contribution in [3.05, 3.63) is 11.9 Å². The van der Waals surface area contributed by atoms with Gasteiger partial charge in [-0.2, -0.15) is 9.90 Å². The number of nitrogens with zero attached hydrogens (tertiary/aromatic N) is 5. The number of carbonyl (C=O) groups excluding carboxylic acids is 2. The smallest absolute Gasteiger partial charge is 0.412 e. The molecule has 9 heteroatoms. The number of amides is 2. The van der Waals surface area contributed by atoms with E-state index in [-0.39, 0.29) is 11.9 Å². The van der Waals surface area contributed by atoms with Crippen LogP contribution in [0.5, 0.6) is 0 Å². The topological polar surface area (TPSA) is 89.8 Å². The summed E-state index contributed by atoms with van der Waals surface area (Å²) in [5.41, 5.74) is -0.408. The van der Waals surface area contributed by atoms with Gasteiger partial charge in [-0.3, -0.25) is 14.5 Å². The third-order valence-corrected chi connectivity index (χ3v) is 3.40. The Balaban J connectivity index is 2.13. The molecule has 0 aromatic carbocycles. The van der Waals surface area contributed by atoms with Crippen LogP contribution in [0, 0.1) is 0 Å². The van der Waals surface area contributed by atoms with Crippen LogP contribution in [-0.4, -0.2) is 63.3 Å². The predicted molar refractivity (Wildman–Crippen MR) is 80.3 cm³/mol. The monoisotopic (exact) mass is 325 g/mol. The van der Waals surface area contributed by atoms with Crippen molar-refractivity contribution in [3.63, 3.8) is 0 Å². The van der Waals surface area contributed by atoms with Crippen LogP contribution in [0.15, 0.2) is 6.20 Å². The van der Waals surface area contributed by atoms with Crippen LogP contribution in [0.1, 0.15) is 50.3 Å². The minimum atomic E-state index is -0.565. The SMILES string of the molecule is CON(C)C(=O)c1cnn([C@H]2CCCN2C(=O)OC(C)(C)C)n1. The maximum atomic E-state index is 12.3. The Bertz CT molecular complexity index is 580. The molecule has 0 unspecified atom stereocenters. The van der Waals surface area contributed by atoms with E-state index in [0.717, 1.165) is 11.5 Å². The van der Waals surface area contributed by atoms with E-state index in [1.807, 2.05) is 20.8 Å². The van der Waals surface area contributed by atoms with Crippen molar-refractivity contribution in [2.24, 2.45) is 0 Å². The van der Waals surface area contributed by atoms with Gasteiger partial charge in [0.2, 0.25) is 0 Å². The summed E-state index contributed by atoms with van der Waals surface area (Å²) in [6.07, 6.45) is 2.15. The largest absolute Gasteiger partial charge is 0.444 e. The summed E-state index contributed by atoms with van der Waals surface area (Å²) in [5, 5.41) is 9.36. The van der Waals surface area contributed by atoms with Gasteiger partial charge in [-0.25, -0.2) is 9.86 Å². The van der Waals surface area contributed by atoms with Crippen molar-refractivity contribution in [2.75, 3.05) is 20.7 Å². The Kier molecular flexibility index (Phi) is 4.88. The van der Waals surface area contributed by atoms with Gasteiger partial charge in [0.1, 0.15) is 11.8 Å². The lowest BCUT2D eigenvalue weighted by Gasteiger charge is -2.27. The van der Waals surface area contributed by atoms with Gasteiger partial charge >= 0.3 is 6.09 Å². The van der Waals surface area contributed by atoms with Gasteiger partial charge in [0.15, 0.2) is 5.69 Å². The molecule has 2 rings (SSSR count). The normalized spacial score (nSPS) is 18.1. The minimum absolute atomic E-state index is 0.158. The molecular weight excluding hydrogens is 302 g/mol. The Morgan fingerprint density at radius 3 is 2.70 bits per heavy atom. The van der Waals surface area contributed by atoms with Crippen molar-refractivity contribution in [1.82, 2.24) is 25.0 Å². The summed E-state index contributed by atoms with van der Waals surface area (Å²) in [4.78, 5) is 32.1. The summed E-state index contributed by atoms with van der Waals surface area (Å²) in [6.45, 7) is 6.03. The van der Waals surface area contributed by atoms with Crippen molar-refractivity contribution in [1.29, 1.82) is 0 Å². The summed E-state index contributed by atoms with van der Waals surface area (Å²) in [7, 11) is 2.88. The second-order valence-corrected chi connectivity index (χ2v) is 6.33. The Labute approximate surface area is 135 Å². The molecule has 0 saturated carbocycles. The zero-order chi connectivity index (χ0) is 17.2. The number of hydrogen-bond acceptors (Lipinski definition) is 6. The molecule has 0 radical (unpaired) electrons. The fourth-order valence-electron chi connectivity index (χ4n) is 2.28. The Hall–Kier alpha value is -2.16. The first-order valence-electron chi connectivity index (χ1n) is 7.46. The lowest BCUT2D eigenvalue weighted by atomic mass is 10.2. The minimum Gasteiger partial charge on any atom is -0.444 e. The molecule has 1 aromatic rings. The zero-order valence-corrected chi connectivity index (χ0v) is 14.1. The molecule has 1 aromatic heterocycles. The van der Waals surface area contributed by atoms with E-state index in [1.165, 1.54) is 25.2 Å². The highest BCUT2D eigenvalue weighted by molar-refractivity contribution is 5.90. The van der Waals surface area contributed by atoms with Gasteiger partial charge in [0.25, 0.3) is 5.91 Å². The van der Waals surface area contributed by atoms with Crippen LogP contribution in [-0.2, 0) is 9.57 Å². The maximum absolute atomic E-state index is 12.3. The van der Waals surface area contributed by atoms with Crippen LogP contribution >= 0.6 is 0 Å². The van der Waals surface area contributed by atoms with Crippen LogP contribution < -0.4 is 0 Å². The summed E-state index contributed by atoms with van der Waals surface area (Å²) in [6, 6.07) is 0. The van der Waals surface area contributed by atoms with E-state index in [0.29, 0.717) is 13.0 Å². The Morgan fingerprint density at radius 2 is 2.09 bits per heavy atom. The number of carbonyl (C=O) groups is 2. The molecule has 9 nitrogen and oxygen atoms in total. The van der Waals surface area contributed by atoms with Crippen LogP contribution in [0.25, 0.3) is 0 Å². The molecule has 2 amide bonds. The van der Waals surface area contributed by atoms with E-state index < -0.39 is 17.6 Å². The average molecular weight is 325 g/mol. The van der Waals surface area contributed by atoms with E-state index in [2.05, 4.69) is 10.2 Å². The second-order valence-electron chi connectivity index (χ2n) is 6.33. The first-order valence-corrected chi connectivity index (χ1v) is 7.46. The number of likely N-dealkylation sites (tertiary alicyclic amines) is 1. The lowest BCUT2D eigenvalue weighted by Crippen LogP contribution is -2.38. The maximum Gasteiger partial charge on any atom is 0.412 e. The average Bonchev–Trinajstić information content (AvgIpc) is 3.11. The van der Waals surface area contributed by atoms with E-state index in [9.17, 15) is 9.59 Å². The van der Waals surface area contributed by atoms with Gasteiger partial charge in [0.05, 0.1) is 13.3 Å². The van der Waals surface area contributed by atoms with Gasteiger partial charge < -0.3 is 4.74 Å². The highest BCUT2D eigenvalue weighted by Gasteiger charge is 2.35. The highest BCUT2D eigenvalue weighted by atomic mass is 16.7. The molecule has 0 bridgehead atoms. The molecular formula is C14H23N5O4. The number of aromatic nitrogens is 3. The third kappa shape index (κ3) is 3.98. The Morgan fingerprint density at radius 1 is 1.39 bits per heavy atom. The molecule has 1 aliphatic rings. The third-order valence-electron chi connectivity index (χ3n) is 3.40. The molecule has 1 aliphatic heterocycles. The number of ether oxygens (including phenoxy) is 1. The second kappa shape index (κ2) is 6.53. The molecule has 2 heterocycles. The van der Waals surface area contributed by atoms with Gasteiger partial charge in [-0.05, 0) is 33.6 Å². The van der Waals surface area contributed by atoms with Crippen LogP contribution in [0.2, 0.25) is 0 Å². The fraction of sp³-hybridized carbons (Fsp3) is 0.714. The molecule has 23 heavy (non-hydrogen) atoms. The van der Waals surface area contributed by atoms with Gasteiger partial charge in [0, 0.05) is 13.6 Å². The first-order chi connectivity index (χ1) is 10.7. The molecule has 0 N–H and O–H groups in total. The number of hydroxylamine groups is 2. The van der Waals surface area contributed by atoms with Crippen LogP contribution in [0.4, 0.5) is 4.79 Å². The molecule has 1 saturated heterocycles. The number of hydrogen-bond donors (Lipinski definition) is 0. The van der Waals surface area contributed by atoms with Crippen molar-refractivity contribution >= 4 is 12.0 Å².